The van der Waals surface area contributed by atoms with Crippen molar-refractivity contribution in [3.05, 3.63) is 34.7 Å². The second-order valence-electron chi connectivity index (χ2n) is 5.12. The van der Waals surface area contributed by atoms with E-state index in [4.69, 9.17) is 4.74 Å². The minimum absolute atomic E-state index is 0.364. The lowest BCUT2D eigenvalue weighted by Gasteiger charge is -2.13. The Kier molecular flexibility index (Phi) is 2.92. The standard InChI is InChI=1S/C14H14O4S2/c1-18-13(15)12-8-9-7-10(3-4-11(9)19-12)14(5-6-14)20(2,16)17/h3-4,7-8H,5-6H2,1-2H3. The third kappa shape index (κ3) is 1.94. The molecule has 20 heavy (non-hydrogen) atoms. The molecule has 0 N–H and O–H groups in total. The van der Waals surface area contributed by atoms with Gasteiger partial charge >= 0.3 is 5.97 Å². The highest BCUT2D eigenvalue weighted by atomic mass is 32.2. The number of esters is 1. The molecule has 6 heteroatoms. The van der Waals surface area contributed by atoms with E-state index in [1.807, 2.05) is 18.2 Å². The average Bonchev–Trinajstić information content (AvgIpc) is 3.11. The summed E-state index contributed by atoms with van der Waals surface area (Å²) in [4.78, 5) is 12.1. The summed E-state index contributed by atoms with van der Waals surface area (Å²) in [6, 6.07) is 7.38. The van der Waals surface area contributed by atoms with Gasteiger partial charge in [-0.2, -0.15) is 0 Å². The molecule has 0 saturated heterocycles. The summed E-state index contributed by atoms with van der Waals surface area (Å²) in [5.74, 6) is -0.364. The molecular formula is C14H14O4S2. The van der Waals surface area contributed by atoms with Gasteiger partial charge in [-0.15, -0.1) is 11.3 Å². The lowest BCUT2D eigenvalue weighted by molar-refractivity contribution is 0.0606. The van der Waals surface area contributed by atoms with Crippen LogP contribution < -0.4 is 0 Å². The van der Waals surface area contributed by atoms with Gasteiger partial charge < -0.3 is 4.74 Å². The Morgan fingerprint density at radius 2 is 2.00 bits per heavy atom. The van der Waals surface area contributed by atoms with Crippen molar-refractivity contribution >= 4 is 37.2 Å². The molecule has 0 amide bonds. The number of hydrogen-bond donors (Lipinski definition) is 0. The number of carbonyl (C=O) groups excluding carboxylic acids is 1. The first-order valence-electron chi connectivity index (χ1n) is 6.19. The zero-order valence-corrected chi connectivity index (χ0v) is 12.8. The van der Waals surface area contributed by atoms with Crippen LogP contribution in [-0.2, 0) is 19.3 Å². The first-order chi connectivity index (χ1) is 9.37. The van der Waals surface area contributed by atoms with Crippen LogP contribution in [-0.4, -0.2) is 27.8 Å². The first-order valence-corrected chi connectivity index (χ1v) is 8.90. The van der Waals surface area contributed by atoms with Gasteiger partial charge in [0.25, 0.3) is 0 Å². The topological polar surface area (TPSA) is 60.4 Å². The van der Waals surface area contributed by atoms with E-state index in [2.05, 4.69) is 0 Å². The summed E-state index contributed by atoms with van der Waals surface area (Å²) in [5, 5.41) is 0.892. The van der Waals surface area contributed by atoms with Gasteiger partial charge in [-0.05, 0) is 42.0 Å². The minimum atomic E-state index is -3.12. The Balaban J connectivity index is 2.10. The highest BCUT2D eigenvalue weighted by Gasteiger charge is 2.53. The van der Waals surface area contributed by atoms with Gasteiger partial charge in [0, 0.05) is 11.0 Å². The summed E-state index contributed by atoms with van der Waals surface area (Å²) in [5.41, 5.74) is 0.821. The van der Waals surface area contributed by atoms with E-state index in [1.54, 1.807) is 6.07 Å². The maximum Gasteiger partial charge on any atom is 0.348 e. The molecule has 0 atom stereocenters. The van der Waals surface area contributed by atoms with Crippen molar-refractivity contribution in [2.45, 2.75) is 17.6 Å². The van der Waals surface area contributed by atoms with Crippen molar-refractivity contribution in [1.29, 1.82) is 0 Å². The molecule has 2 aromatic rings. The molecule has 4 nitrogen and oxygen atoms in total. The maximum absolute atomic E-state index is 11.9. The van der Waals surface area contributed by atoms with Gasteiger partial charge in [0.15, 0.2) is 9.84 Å². The Morgan fingerprint density at radius 1 is 1.30 bits per heavy atom. The minimum Gasteiger partial charge on any atom is -0.465 e. The number of hydrogen-bond acceptors (Lipinski definition) is 5. The van der Waals surface area contributed by atoms with Crippen molar-refractivity contribution in [2.24, 2.45) is 0 Å². The summed E-state index contributed by atoms with van der Waals surface area (Å²) < 4.78 is 28.8. The van der Waals surface area contributed by atoms with Crippen LogP contribution in [0.1, 0.15) is 28.1 Å². The van der Waals surface area contributed by atoms with Crippen LogP contribution in [0.5, 0.6) is 0 Å². The third-order valence-electron chi connectivity index (χ3n) is 3.84. The number of fused-ring (bicyclic) bond motifs is 1. The molecule has 1 saturated carbocycles. The lowest BCUT2D eigenvalue weighted by Crippen LogP contribution is -2.18. The van der Waals surface area contributed by atoms with E-state index in [1.165, 1.54) is 24.7 Å². The zero-order chi connectivity index (χ0) is 14.5. The molecule has 0 aliphatic heterocycles. The van der Waals surface area contributed by atoms with Crippen LogP contribution in [0.15, 0.2) is 24.3 Å². The van der Waals surface area contributed by atoms with Gasteiger partial charge in [-0.25, -0.2) is 13.2 Å². The van der Waals surface area contributed by atoms with Crippen LogP contribution in [0.4, 0.5) is 0 Å². The molecule has 106 valence electrons. The van der Waals surface area contributed by atoms with Crippen LogP contribution in [0.25, 0.3) is 10.1 Å². The molecule has 0 unspecified atom stereocenters. The largest absolute Gasteiger partial charge is 0.465 e. The SMILES string of the molecule is COC(=O)c1cc2cc(C3(S(C)(=O)=O)CC3)ccc2s1. The van der Waals surface area contributed by atoms with E-state index >= 15 is 0 Å². The fraction of sp³-hybridized carbons (Fsp3) is 0.357. The summed E-state index contributed by atoms with van der Waals surface area (Å²) in [7, 11) is -1.77. The van der Waals surface area contributed by atoms with Gasteiger partial charge in [0.1, 0.15) is 4.88 Å². The van der Waals surface area contributed by atoms with Crippen molar-refractivity contribution in [3.8, 4) is 0 Å². The number of benzene rings is 1. The molecule has 0 bridgehead atoms. The maximum atomic E-state index is 11.9. The van der Waals surface area contributed by atoms with Gasteiger partial charge in [-0.1, -0.05) is 6.07 Å². The molecule has 1 fully saturated rings. The number of ether oxygens (including phenoxy) is 1. The van der Waals surface area contributed by atoms with E-state index in [9.17, 15) is 13.2 Å². The number of carbonyl (C=O) groups is 1. The van der Waals surface area contributed by atoms with E-state index in [0.29, 0.717) is 17.7 Å². The van der Waals surface area contributed by atoms with Crippen LogP contribution in [0, 0.1) is 0 Å². The van der Waals surface area contributed by atoms with E-state index in [-0.39, 0.29) is 5.97 Å². The monoisotopic (exact) mass is 310 g/mol. The average molecular weight is 310 g/mol. The smallest absolute Gasteiger partial charge is 0.348 e. The van der Waals surface area contributed by atoms with Gasteiger partial charge in [-0.3, -0.25) is 0 Å². The highest BCUT2D eigenvalue weighted by molar-refractivity contribution is 7.92. The predicted octanol–water partition coefficient (Wildman–Crippen LogP) is 2.72. The summed E-state index contributed by atoms with van der Waals surface area (Å²) in [6.07, 6.45) is 2.63. The fourth-order valence-electron chi connectivity index (χ4n) is 2.52. The van der Waals surface area contributed by atoms with E-state index in [0.717, 1.165) is 15.6 Å². The quantitative estimate of drug-likeness (QED) is 0.818. The molecule has 1 aliphatic rings. The van der Waals surface area contributed by atoms with E-state index < -0.39 is 14.6 Å². The fourth-order valence-corrected chi connectivity index (χ4v) is 4.88. The molecule has 0 spiro atoms. The Morgan fingerprint density at radius 3 is 2.55 bits per heavy atom. The molecule has 0 radical (unpaired) electrons. The molecule has 1 aliphatic carbocycles. The normalized spacial score (nSPS) is 17.1. The molecule has 1 aromatic heterocycles. The second-order valence-corrected chi connectivity index (χ2v) is 8.53. The molecular weight excluding hydrogens is 296 g/mol. The van der Waals surface area contributed by atoms with Crippen molar-refractivity contribution < 1.29 is 17.9 Å². The summed E-state index contributed by atoms with van der Waals surface area (Å²) >= 11 is 1.35. The number of thiophene rings is 1. The molecule has 3 rings (SSSR count). The second kappa shape index (κ2) is 4.30. The first kappa shape index (κ1) is 13.6. The van der Waals surface area contributed by atoms with Crippen LogP contribution in [0.3, 0.4) is 0 Å². The predicted molar refractivity (Wildman–Crippen MR) is 78.9 cm³/mol. The van der Waals surface area contributed by atoms with Crippen molar-refractivity contribution in [3.63, 3.8) is 0 Å². The Hall–Kier alpha value is -1.40. The number of methoxy groups -OCH3 is 1. The zero-order valence-electron chi connectivity index (χ0n) is 11.2. The van der Waals surface area contributed by atoms with Gasteiger partial charge in [0.2, 0.25) is 0 Å². The van der Waals surface area contributed by atoms with Crippen molar-refractivity contribution in [2.75, 3.05) is 13.4 Å². The molecule has 1 heterocycles. The molecule has 1 aromatic carbocycles. The van der Waals surface area contributed by atoms with Crippen LogP contribution in [0.2, 0.25) is 0 Å². The van der Waals surface area contributed by atoms with Gasteiger partial charge in [0.05, 0.1) is 11.9 Å². The highest BCUT2D eigenvalue weighted by Crippen LogP contribution is 2.52. The summed E-state index contributed by atoms with van der Waals surface area (Å²) in [6.45, 7) is 0. The third-order valence-corrected chi connectivity index (χ3v) is 7.00. The number of rotatable bonds is 3. The lowest BCUT2D eigenvalue weighted by atomic mass is 10.1. The van der Waals surface area contributed by atoms with Crippen molar-refractivity contribution in [1.82, 2.24) is 0 Å². The number of sulfone groups is 1. The van der Waals surface area contributed by atoms with Crippen LogP contribution >= 0.6 is 11.3 Å². The Bertz CT molecular complexity index is 798. The Labute approximate surface area is 121 Å².